The summed E-state index contributed by atoms with van der Waals surface area (Å²) in [7, 11) is 0. The van der Waals surface area contributed by atoms with E-state index in [1.165, 1.54) is 0 Å². The Morgan fingerprint density at radius 3 is 2.70 bits per heavy atom. The van der Waals surface area contributed by atoms with E-state index in [9.17, 15) is 4.79 Å². The van der Waals surface area contributed by atoms with Crippen molar-refractivity contribution >= 4 is 28.9 Å². The van der Waals surface area contributed by atoms with E-state index >= 15 is 0 Å². The minimum absolute atomic E-state index is 0.290. The number of nitrogens with zero attached hydrogens (tertiary/aromatic N) is 1. The van der Waals surface area contributed by atoms with Crippen molar-refractivity contribution in [2.75, 3.05) is 5.73 Å². The van der Waals surface area contributed by atoms with E-state index < -0.39 is 48.7 Å². The largest absolute Gasteiger partial charge is 0.434 e. The van der Waals surface area contributed by atoms with E-state index in [1.54, 1.807) is 0 Å². The minimum Gasteiger partial charge on any atom is -0.434 e. The maximum atomic E-state index is 12.0. The van der Waals surface area contributed by atoms with Gasteiger partial charge in [-0.15, -0.1) is 5.10 Å². The third kappa shape index (κ3) is 3.05. The van der Waals surface area contributed by atoms with Gasteiger partial charge in [0.25, 0.3) is 5.56 Å². The smallest absolute Gasteiger partial charge is 0.267 e. The Morgan fingerprint density at radius 1 is 1.45 bits per heavy atom. The van der Waals surface area contributed by atoms with Crippen molar-refractivity contribution in [3.63, 3.8) is 0 Å². The van der Waals surface area contributed by atoms with Gasteiger partial charge in [-0.05, 0) is 18.0 Å². The molecule has 0 amide bonds. The van der Waals surface area contributed by atoms with E-state index in [4.69, 9.17) is 44.6 Å². The van der Waals surface area contributed by atoms with Crippen molar-refractivity contribution in [2.24, 2.45) is 0 Å². The number of H-pyrrole nitrogens is 1. The molecule has 0 aliphatic carbocycles. The number of aromatic nitrogens is 2. The van der Waals surface area contributed by atoms with Crippen LogP contribution in [0, 0.1) is 0 Å². The molecule has 7 heteroatoms. The number of hydrogen-bond acceptors (Lipinski definition) is 4. The second kappa shape index (κ2) is 5.73. The van der Waals surface area contributed by atoms with Gasteiger partial charge in [-0.3, -0.25) is 4.79 Å². The molecule has 2 rings (SSSR count). The van der Waals surface area contributed by atoms with Gasteiger partial charge in [-0.2, -0.15) is 0 Å². The molecule has 1 aromatic carbocycles. The van der Waals surface area contributed by atoms with E-state index in [1.807, 2.05) is 5.10 Å². The fourth-order valence-electron chi connectivity index (χ4n) is 1.34. The van der Waals surface area contributed by atoms with Crippen LogP contribution >= 0.6 is 23.2 Å². The predicted octanol–water partition coefficient (Wildman–Crippen LogP) is 3.57. The molecule has 0 fully saturated rings. The van der Waals surface area contributed by atoms with Crippen molar-refractivity contribution in [2.45, 2.75) is 19.6 Å². The van der Waals surface area contributed by atoms with Gasteiger partial charge in [0.1, 0.15) is 0 Å². The summed E-state index contributed by atoms with van der Waals surface area (Å²) in [6.45, 7) is -6.04. The second-order valence-corrected chi connectivity index (χ2v) is 4.40. The normalized spacial score (nSPS) is 17.9. The molecule has 0 radical (unpaired) electrons. The van der Waals surface area contributed by atoms with Crippen LogP contribution in [0.2, 0.25) is 10.0 Å². The fraction of sp³-hybridized carbons (Fsp3) is 0.231. The molecule has 0 aliphatic heterocycles. The van der Waals surface area contributed by atoms with E-state index in [-0.39, 0.29) is 21.5 Å². The first kappa shape index (κ1) is 7.33. The fourth-order valence-corrected chi connectivity index (χ4v) is 1.86. The van der Waals surface area contributed by atoms with Crippen LogP contribution in [0.15, 0.2) is 22.9 Å². The van der Waals surface area contributed by atoms with Crippen LogP contribution in [-0.2, 0) is 0 Å². The molecule has 0 spiro atoms. The number of hydrogen-bond donors (Lipinski definition) is 2. The maximum Gasteiger partial charge on any atom is 0.267 e. The first-order chi connectivity index (χ1) is 12.7. The molecule has 5 nitrogen and oxygen atoms in total. The van der Waals surface area contributed by atoms with Gasteiger partial charge >= 0.3 is 0 Å². The molecular formula is C13H13Cl2N3O2. The number of nitrogens with one attached hydrogen (secondary N) is 1. The highest BCUT2D eigenvalue weighted by molar-refractivity contribution is 6.37. The molecule has 0 saturated carbocycles. The zero-order valence-corrected chi connectivity index (χ0v) is 11.3. The highest BCUT2D eigenvalue weighted by Crippen LogP contribution is 2.37. The Labute approximate surface area is 136 Å². The molecule has 3 N–H and O–H groups in total. The van der Waals surface area contributed by atoms with Gasteiger partial charge in [0, 0.05) is 25.5 Å². The lowest BCUT2D eigenvalue weighted by molar-refractivity contribution is 0.452. The number of nitrogens with two attached hydrogens (primary N) is 1. The first-order valence-corrected chi connectivity index (χ1v) is 5.93. The SMILES string of the molecule is [2H]c1c(N)c([2H])c(Cl)c(Oc2cc(C(C([2H])([2H])[2H])C([2H])([2H])[2H])c(=O)[nH]n2)c1Cl. The Morgan fingerprint density at radius 2 is 2.10 bits per heavy atom. The lowest BCUT2D eigenvalue weighted by Gasteiger charge is -2.10. The monoisotopic (exact) mass is 321 g/mol. The molecule has 20 heavy (non-hydrogen) atoms. The summed E-state index contributed by atoms with van der Waals surface area (Å²) < 4.78 is 65.7. The number of halogens is 2. The zero-order chi connectivity index (χ0) is 21.6. The number of anilines is 1. The van der Waals surface area contributed by atoms with Gasteiger partial charge in [0.15, 0.2) is 5.75 Å². The van der Waals surface area contributed by atoms with Gasteiger partial charge in [-0.1, -0.05) is 36.9 Å². The number of rotatable bonds is 3. The first-order valence-electron chi connectivity index (χ1n) is 9.17. The molecule has 106 valence electrons. The van der Waals surface area contributed by atoms with E-state index in [0.717, 1.165) is 6.07 Å². The van der Waals surface area contributed by atoms with Crippen molar-refractivity contribution in [3.05, 3.63) is 44.1 Å². The standard InChI is InChI=1S/C13H13Cl2N3O2/c1-6(2)8-5-11(17-18-13(8)19)20-12-9(14)3-7(16)4-10(12)15/h3-6H,16H2,1-2H3,(H,18,19)/i1D3,2D3,3D,4D. The molecule has 1 heterocycles. The van der Waals surface area contributed by atoms with E-state index in [2.05, 4.69) is 5.10 Å². The molecule has 2 aromatic rings. The van der Waals surface area contributed by atoms with Crippen LogP contribution in [-0.4, -0.2) is 10.2 Å². The summed E-state index contributed by atoms with van der Waals surface area (Å²) in [5.74, 6) is -2.93. The Kier molecular flexibility index (Phi) is 2.10. The molecular weight excluding hydrogens is 301 g/mol. The molecule has 0 atom stereocenters. The third-order valence-electron chi connectivity index (χ3n) is 2.21. The van der Waals surface area contributed by atoms with Crippen LogP contribution in [0.5, 0.6) is 11.6 Å². The summed E-state index contributed by atoms with van der Waals surface area (Å²) >= 11 is 11.9. The average Bonchev–Trinajstić information content (AvgIpc) is 2.55. The van der Waals surface area contributed by atoms with Gasteiger partial charge in [0.2, 0.25) is 5.88 Å². The molecule has 0 aliphatic rings. The van der Waals surface area contributed by atoms with Crippen LogP contribution < -0.4 is 16.0 Å². The Hall–Kier alpha value is -1.72. The van der Waals surface area contributed by atoms with Crippen LogP contribution in [0.4, 0.5) is 5.69 Å². The number of benzene rings is 1. The topological polar surface area (TPSA) is 81.0 Å². The Balaban J connectivity index is 2.61. The lowest BCUT2D eigenvalue weighted by atomic mass is 10.1. The van der Waals surface area contributed by atoms with Gasteiger partial charge in [0.05, 0.1) is 12.8 Å². The zero-order valence-electron chi connectivity index (χ0n) is 17.8. The van der Waals surface area contributed by atoms with Gasteiger partial charge in [-0.25, -0.2) is 5.10 Å². The predicted molar refractivity (Wildman–Crippen MR) is 79.9 cm³/mol. The maximum absolute atomic E-state index is 12.0. The quantitative estimate of drug-likeness (QED) is 0.847. The minimum atomic E-state index is -3.02. The highest BCUT2D eigenvalue weighted by atomic mass is 35.5. The third-order valence-corrected chi connectivity index (χ3v) is 2.75. The summed E-state index contributed by atoms with van der Waals surface area (Å²) in [4.78, 5) is 12.0. The second-order valence-electron chi connectivity index (χ2n) is 3.65. The van der Waals surface area contributed by atoms with Crippen molar-refractivity contribution in [1.29, 1.82) is 0 Å². The number of ether oxygens (including phenoxy) is 1. The average molecular weight is 322 g/mol. The molecule has 0 unspecified atom stereocenters. The summed E-state index contributed by atoms with van der Waals surface area (Å²) in [5.41, 5.74) is 3.62. The molecule has 0 saturated heterocycles. The highest BCUT2D eigenvalue weighted by Gasteiger charge is 2.13. The van der Waals surface area contributed by atoms with Crippen LogP contribution in [0.1, 0.15) is 36.2 Å². The van der Waals surface area contributed by atoms with Crippen LogP contribution in [0.3, 0.4) is 0 Å². The van der Waals surface area contributed by atoms with Crippen molar-refractivity contribution in [3.8, 4) is 11.6 Å². The molecule has 1 aromatic heterocycles. The number of aromatic amines is 1. The summed E-state index contributed by atoms with van der Waals surface area (Å²) in [6.07, 6.45) is 0. The van der Waals surface area contributed by atoms with Crippen molar-refractivity contribution < 1.29 is 15.7 Å². The summed E-state index contributed by atoms with van der Waals surface area (Å²) in [6, 6.07) is -0.0319. The summed E-state index contributed by atoms with van der Waals surface area (Å²) in [5, 5.41) is 4.80. The number of nitrogen functional groups attached to an aromatic ring is 1. The molecule has 0 bridgehead atoms. The van der Waals surface area contributed by atoms with E-state index in [0.29, 0.717) is 0 Å². The van der Waals surface area contributed by atoms with Gasteiger partial charge < -0.3 is 10.5 Å². The lowest BCUT2D eigenvalue weighted by Crippen LogP contribution is -2.15. The van der Waals surface area contributed by atoms with Crippen molar-refractivity contribution in [1.82, 2.24) is 10.2 Å². The Bertz CT molecular complexity index is 931. The van der Waals surface area contributed by atoms with Crippen LogP contribution in [0.25, 0.3) is 0 Å².